The fourth-order valence-corrected chi connectivity index (χ4v) is 2.65. The zero-order valence-corrected chi connectivity index (χ0v) is 12.8. The van der Waals surface area contributed by atoms with E-state index in [9.17, 15) is 14.0 Å². The van der Waals surface area contributed by atoms with Crippen molar-refractivity contribution in [1.29, 1.82) is 0 Å². The summed E-state index contributed by atoms with van der Waals surface area (Å²) in [5, 5.41) is 5.27. The molecule has 1 fully saturated rings. The molecular formula is C16H22FN3O2. The van der Waals surface area contributed by atoms with Crippen molar-refractivity contribution in [1.82, 2.24) is 5.32 Å². The lowest BCUT2D eigenvalue weighted by Gasteiger charge is -2.20. The fraction of sp³-hybridized carbons (Fsp3) is 0.500. The van der Waals surface area contributed by atoms with Crippen LogP contribution in [0.25, 0.3) is 0 Å². The number of benzene rings is 1. The number of carbonyl (C=O) groups excluding carboxylic acids is 2. The molecule has 0 bridgehead atoms. The Bertz CT molecular complexity index is 530. The number of amides is 2. The Hall–Kier alpha value is -2.11. The zero-order chi connectivity index (χ0) is 15.9. The highest BCUT2D eigenvalue weighted by Crippen LogP contribution is 2.26. The summed E-state index contributed by atoms with van der Waals surface area (Å²) in [6.07, 6.45) is 3.42. The Morgan fingerprint density at radius 3 is 2.77 bits per heavy atom. The van der Waals surface area contributed by atoms with E-state index in [-0.39, 0.29) is 24.2 Å². The summed E-state index contributed by atoms with van der Waals surface area (Å²) >= 11 is 0. The van der Waals surface area contributed by atoms with Crippen LogP contribution in [0.3, 0.4) is 0 Å². The van der Waals surface area contributed by atoms with E-state index in [1.165, 1.54) is 6.07 Å². The van der Waals surface area contributed by atoms with Crippen molar-refractivity contribution >= 4 is 23.7 Å². The van der Waals surface area contributed by atoms with Crippen LogP contribution < -0.4 is 15.5 Å². The van der Waals surface area contributed by atoms with E-state index in [0.717, 1.165) is 25.9 Å². The topological polar surface area (TPSA) is 61.4 Å². The van der Waals surface area contributed by atoms with Gasteiger partial charge in [-0.25, -0.2) is 4.39 Å². The van der Waals surface area contributed by atoms with Gasteiger partial charge in [-0.2, -0.15) is 0 Å². The summed E-state index contributed by atoms with van der Waals surface area (Å²) in [7, 11) is 0. The molecule has 0 aliphatic carbocycles. The van der Waals surface area contributed by atoms with Gasteiger partial charge in [0.1, 0.15) is 5.82 Å². The quantitative estimate of drug-likeness (QED) is 0.759. The highest BCUT2D eigenvalue weighted by Gasteiger charge is 2.16. The molecule has 0 spiro atoms. The maximum Gasteiger partial charge on any atom is 0.226 e. The smallest absolute Gasteiger partial charge is 0.226 e. The third-order valence-corrected chi connectivity index (χ3v) is 3.83. The minimum Gasteiger partial charge on any atom is -0.382 e. The van der Waals surface area contributed by atoms with Gasteiger partial charge >= 0.3 is 0 Å². The molecule has 1 atom stereocenters. The van der Waals surface area contributed by atoms with E-state index in [0.29, 0.717) is 24.2 Å². The number of imide groups is 1. The van der Waals surface area contributed by atoms with Crippen LogP contribution in [0.2, 0.25) is 0 Å². The number of halogens is 1. The monoisotopic (exact) mass is 307 g/mol. The molecule has 1 aromatic carbocycles. The molecule has 1 aliphatic heterocycles. The van der Waals surface area contributed by atoms with Gasteiger partial charge in [-0.05, 0) is 44.4 Å². The molecule has 1 aliphatic rings. The number of nitrogens with zero attached hydrogens (tertiary/aromatic N) is 1. The van der Waals surface area contributed by atoms with Gasteiger partial charge in [-0.3, -0.25) is 14.9 Å². The molecular weight excluding hydrogens is 285 g/mol. The maximum absolute atomic E-state index is 14.2. The minimum atomic E-state index is -0.306. The van der Waals surface area contributed by atoms with Crippen molar-refractivity contribution in [3.63, 3.8) is 0 Å². The summed E-state index contributed by atoms with van der Waals surface area (Å²) < 4.78 is 14.2. The average Bonchev–Trinajstić information content (AvgIpc) is 2.99. The first-order valence-electron chi connectivity index (χ1n) is 7.64. The Kier molecular flexibility index (Phi) is 5.75. The predicted octanol–water partition coefficient (Wildman–Crippen LogP) is 2.28. The van der Waals surface area contributed by atoms with E-state index < -0.39 is 0 Å². The molecule has 1 saturated heterocycles. The third-order valence-electron chi connectivity index (χ3n) is 3.83. The molecule has 6 heteroatoms. The number of anilines is 2. The molecule has 22 heavy (non-hydrogen) atoms. The molecule has 1 aromatic rings. The highest BCUT2D eigenvalue weighted by atomic mass is 19.1. The molecule has 0 aromatic heterocycles. The molecule has 1 unspecified atom stereocenters. The molecule has 2 amide bonds. The van der Waals surface area contributed by atoms with Gasteiger partial charge in [0.25, 0.3) is 0 Å². The molecule has 120 valence electrons. The lowest BCUT2D eigenvalue weighted by molar-refractivity contribution is -0.125. The average molecular weight is 307 g/mol. The first-order valence-corrected chi connectivity index (χ1v) is 7.64. The van der Waals surface area contributed by atoms with E-state index >= 15 is 0 Å². The van der Waals surface area contributed by atoms with E-state index in [4.69, 9.17) is 0 Å². The first kappa shape index (κ1) is 16.3. The Labute approximate surface area is 129 Å². The summed E-state index contributed by atoms with van der Waals surface area (Å²) in [6.45, 7) is 3.73. The van der Waals surface area contributed by atoms with E-state index in [1.807, 2.05) is 13.0 Å². The summed E-state index contributed by atoms with van der Waals surface area (Å²) in [5.41, 5.74) is 1.35. The number of nitrogens with one attached hydrogen (secondary N) is 2. The van der Waals surface area contributed by atoms with E-state index in [1.54, 1.807) is 6.07 Å². The van der Waals surface area contributed by atoms with Gasteiger partial charge in [-0.1, -0.05) is 0 Å². The molecule has 5 nitrogen and oxygen atoms in total. The van der Waals surface area contributed by atoms with Gasteiger partial charge in [0.2, 0.25) is 12.3 Å². The number of rotatable bonds is 7. The molecule has 2 N–H and O–H groups in total. The van der Waals surface area contributed by atoms with Gasteiger partial charge < -0.3 is 10.2 Å². The minimum absolute atomic E-state index is 0.00874. The van der Waals surface area contributed by atoms with Crippen molar-refractivity contribution in [2.75, 3.05) is 23.3 Å². The second-order valence-corrected chi connectivity index (χ2v) is 5.63. The van der Waals surface area contributed by atoms with Crippen molar-refractivity contribution < 1.29 is 14.0 Å². The Balaban J connectivity index is 1.88. The Morgan fingerprint density at radius 1 is 1.41 bits per heavy atom. The lowest BCUT2D eigenvalue weighted by Crippen LogP contribution is -2.24. The number of hydrogen-bond acceptors (Lipinski definition) is 4. The fourth-order valence-electron chi connectivity index (χ4n) is 2.65. The molecule has 0 saturated carbocycles. The van der Waals surface area contributed by atoms with Crippen LogP contribution in [0.5, 0.6) is 0 Å². The molecule has 1 heterocycles. The summed E-state index contributed by atoms with van der Waals surface area (Å²) in [5.74, 6) is -0.531. The second-order valence-electron chi connectivity index (χ2n) is 5.63. The number of hydrogen-bond donors (Lipinski definition) is 2. The summed E-state index contributed by atoms with van der Waals surface area (Å²) in [6, 6.07) is 5.16. The second kappa shape index (κ2) is 7.77. The largest absolute Gasteiger partial charge is 0.382 e. The standard InChI is InChI=1S/C16H22FN3O2/c1-12(4-7-16(22)18-11-21)19-13-5-6-15(14(17)10-13)20-8-2-3-9-20/h5-6,10-12,19H,2-4,7-9H2,1H3,(H,18,21,22). The zero-order valence-electron chi connectivity index (χ0n) is 12.8. The lowest BCUT2D eigenvalue weighted by atomic mass is 10.1. The van der Waals surface area contributed by atoms with Crippen LogP contribution in [0, 0.1) is 5.82 Å². The van der Waals surface area contributed by atoms with Crippen molar-refractivity contribution in [2.45, 2.75) is 38.6 Å². The van der Waals surface area contributed by atoms with Crippen LogP contribution in [0.4, 0.5) is 15.8 Å². The van der Waals surface area contributed by atoms with Gasteiger partial charge in [0.05, 0.1) is 5.69 Å². The van der Waals surface area contributed by atoms with Gasteiger partial charge in [-0.15, -0.1) is 0 Å². The SMILES string of the molecule is CC(CCC(=O)NC=O)Nc1ccc(N2CCCC2)c(F)c1. The Morgan fingerprint density at radius 2 is 2.14 bits per heavy atom. The van der Waals surface area contributed by atoms with Gasteiger partial charge in [0.15, 0.2) is 0 Å². The maximum atomic E-state index is 14.2. The molecule has 0 radical (unpaired) electrons. The first-order chi connectivity index (χ1) is 10.6. The summed E-state index contributed by atoms with van der Waals surface area (Å²) in [4.78, 5) is 23.4. The van der Waals surface area contributed by atoms with Gasteiger partial charge in [0, 0.05) is 31.2 Å². The highest BCUT2D eigenvalue weighted by molar-refractivity contribution is 5.85. The van der Waals surface area contributed by atoms with Crippen LogP contribution in [-0.2, 0) is 9.59 Å². The van der Waals surface area contributed by atoms with E-state index in [2.05, 4.69) is 15.5 Å². The van der Waals surface area contributed by atoms with Crippen molar-refractivity contribution in [3.05, 3.63) is 24.0 Å². The van der Waals surface area contributed by atoms with Crippen LogP contribution in [0.15, 0.2) is 18.2 Å². The molecule has 2 rings (SSSR count). The van der Waals surface area contributed by atoms with Crippen LogP contribution in [0.1, 0.15) is 32.6 Å². The third kappa shape index (κ3) is 4.44. The van der Waals surface area contributed by atoms with Crippen LogP contribution >= 0.6 is 0 Å². The number of carbonyl (C=O) groups is 2. The van der Waals surface area contributed by atoms with Crippen molar-refractivity contribution in [3.8, 4) is 0 Å². The van der Waals surface area contributed by atoms with Crippen LogP contribution in [-0.4, -0.2) is 31.4 Å². The predicted molar refractivity (Wildman–Crippen MR) is 84.4 cm³/mol. The normalized spacial score (nSPS) is 15.5. The van der Waals surface area contributed by atoms with Crippen molar-refractivity contribution in [2.24, 2.45) is 0 Å².